The normalized spacial score (nSPS) is 39.7. The van der Waals surface area contributed by atoms with Crippen molar-refractivity contribution >= 4 is 0 Å². The van der Waals surface area contributed by atoms with Crippen LogP contribution in [0.5, 0.6) is 5.75 Å². The predicted molar refractivity (Wildman–Crippen MR) is 96.8 cm³/mol. The maximum Gasteiger partial charge on any atom is 0.174 e. The summed E-state index contributed by atoms with van der Waals surface area (Å²) in [6, 6.07) is 9.11. The Labute approximate surface area is 155 Å². The monoisotopic (exact) mass is 353 g/mol. The Kier molecular flexibility index (Phi) is 3.49. The van der Waals surface area contributed by atoms with E-state index < -0.39 is 5.79 Å². The Hall–Kier alpha value is -1.57. The van der Waals surface area contributed by atoms with Gasteiger partial charge in [-0.2, -0.15) is 5.26 Å². The van der Waals surface area contributed by atoms with Crippen LogP contribution in [0.15, 0.2) is 18.2 Å². The summed E-state index contributed by atoms with van der Waals surface area (Å²) < 4.78 is 17.8. The second-order valence-electron chi connectivity index (χ2n) is 8.76. The van der Waals surface area contributed by atoms with E-state index in [4.69, 9.17) is 14.2 Å². The lowest BCUT2D eigenvalue weighted by Crippen LogP contribution is -2.56. The van der Waals surface area contributed by atoms with Gasteiger partial charge >= 0.3 is 0 Å². The third-order valence-corrected chi connectivity index (χ3v) is 8.10. The fraction of sp³-hybridized carbons (Fsp3) is 0.682. The molecule has 1 aromatic rings. The van der Waals surface area contributed by atoms with E-state index >= 15 is 0 Å². The number of methoxy groups -OCH3 is 1. The zero-order valence-corrected chi connectivity index (χ0v) is 15.7. The molecule has 0 N–H and O–H groups in total. The maximum absolute atomic E-state index is 10.4. The molecule has 5 rings (SSSR count). The summed E-state index contributed by atoms with van der Waals surface area (Å²) in [5.41, 5.74) is 2.20. The van der Waals surface area contributed by atoms with Gasteiger partial charge in [0.1, 0.15) is 5.75 Å². The highest BCUT2D eigenvalue weighted by Crippen LogP contribution is 2.67. The molecule has 0 aromatic heterocycles. The van der Waals surface area contributed by atoms with Crippen LogP contribution >= 0.6 is 0 Å². The first-order valence-corrected chi connectivity index (χ1v) is 9.95. The van der Waals surface area contributed by atoms with E-state index in [1.54, 1.807) is 7.11 Å². The third kappa shape index (κ3) is 1.86. The van der Waals surface area contributed by atoms with E-state index in [2.05, 4.69) is 25.1 Å². The molecule has 1 saturated heterocycles. The molecule has 138 valence electrons. The molecule has 0 bridgehead atoms. The number of nitriles is 1. The molecule has 1 spiro atoms. The van der Waals surface area contributed by atoms with E-state index in [9.17, 15) is 5.26 Å². The van der Waals surface area contributed by atoms with Gasteiger partial charge in [-0.25, -0.2) is 0 Å². The van der Waals surface area contributed by atoms with Crippen LogP contribution in [0.2, 0.25) is 0 Å². The SMILES string of the molecule is COc1ccc2c(c1)CC[C@H]1[C@@H]3CCC4(OCCO4)[C@@]3(C)CC[C@]21C#N. The van der Waals surface area contributed by atoms with Crippen LogP contribution in [0, 0.1) is 28.6 Å². The minimum absolute atomic E-state index is 0.0263. The number of aryl methyl sites for hydroxylation is 1. The first-order chi connectivity index (χ1) is 12.6. The van der Waals surface area contributed by atoms with Gasteiger partial charge in [-0.05, 0) is 67.2 Å². The van der Waals surface area contributed by atoms with Crippen LogP contribution in [0.25, 0.3) is 0 Å². The molecule has 26 heavy (non-hydrogen) atoms. The molecule has 0 radical (unpaired) electrons. The molecule has 1 aliphatic heterocycles. The molecule has 4 atom stereocenters. The Balaban J connectivity index is 1.58. The first-order valence-electron chi connectivity index (χ1n) is 9.95. The Bertz CT molecular complexity index is 778. The van der Waals surface area contributed by atoms with Crippen LogP contribution in [0.4, 0.5) is 0 Å². The highest BCUT2D eigenvalue weighted by atomic mass is 16.7. The van der Waals surface area contributed by atoms with Gasteiger partial charge in [0.15, 0.2) is 5.79 Å². The fourth-order valence-corrected chi connectivity index (χ4v) is 6.80. The van der Waals surface area contributed by atoms with Crippen molar-refractivity contribution in [2.24, 2.45) is 17.3 Å². The molecule has 1 heterocycles. The van der Waals surface area contributed by atoms with Crippen molar-refractivity contribution in [3.05, 3.63) is 29.3 Å². The number of rotatable bonds is 1. The highest BCUT2D eigenvalue weighted by molar-refractivity contribution is 5.47. The quantitative estimate of drug-likeness (QED) is 0.766. The summed E-state index contributed by atoms with van der Waals surface area (Å²) in [6.45, 7) is 3.78. The van der Waals surface area contributed by atoms with Gasteiger partial charge in [-0.3, -0.25) is 0 Å². The number of fused-ring (bicyclic) bond motifs is 6. The molecular formula is C22H27NO3. The zero-order chi connectivity index (χ0) is 18.0. The highest BCUT2D eigenvalue weighted by Gasteiger charge is 2.68. The van der Waals surface area contributed by atoms with Gasteiger partial charge < -0.3 is 14.2 Å². The molecule has 0 amide bonds. The van der Waals surface area contributed by atoms with Gasteiger partial charge in [0.25, 0.3) is 0 Å². The molecule has 1 aromatic carbocycles. The topological polar surface area (TPSA) is 51.5 Å². The van der Waals surface area contributed by atoms with Crippen LogP contribution in [0.3, 0.4) is 0 Å². The third-order valence-electron chi connectivity index (χ3n) is 8.10. The van der Waals surface area contributed by atoms with Crippen LogP contribution in [0.1, 0.15) is 50.2 Å². The van der Waals surface area contributed by atoms with Gasteiger partial charge in [-0.15, -0.1) is 0 Å². The van der Waals surface area contributed by atoms with E-state index in [1.807, 2.05) is 6.07 Å². The summed E-state index contributed by atoms with van der Waals surface area (Å²) in [5.74, 6) is 1.37. The number of benzene rings is 1. The molecule has 2 saturated carbocycles. The number of ether oxygens (including phenoxy) is 3. The smallest absolute Gasteiger partial charge is 0.174 e. The van der Waals surface area contributed by atoms with Gasteiger partial charge in [0.05, 0.1) is 31.8 Å². The molecule has 4 heteroatoms. The van der Waals surface area contributed by atoms with Crippen molar-refractivity contribution in [2.75, 3.05) is 20.3 Å². The van der Waals surface area contributed by atoms with E-state index in [-0.39, 0.29) is 10.8 Å². The zero-order valence-electron chi connectivity index (χ0n) is 15.7. The number of nitrogens with zero attached hydrogens (tertiary/aromatic N) is 1. The average Bonchev–Trinajstić information content (AvgIpc) is 3.27. The Morgan fingerprint density at radius 3 is 2.65 bits per heavy atom. The van der Waals surface area contributed by atoms with Crippen molar-refractivity contribution in [3.8, 4) is 11.8 Å². The molecule has 3 fully saturated rings. The van der Waals surface area contributed by atoms with Crippen molar-refractivity contribution in [1.82, 2.24) is 0 Å². The van der Waals surface area contributed by atoms with Crippen LogP contribution < -0.4 is 4.74 Å². The summed E-state index contributed by atoms with van der Waals surface area (Å²) in [5, 5.41) is 10.4. The predicted octanol–water partition coefficient (Wildman–Crippen LogP) is 3.97. The van der Waals surface area contributed by atoms with Crippen molar-refractivity contribution in [3.63, 3.8) is 0 Å². The van der Waals surface area contributed by atoms with Gasteiger partial charge in [0.2, 0.25) is 0 Å². The largest absolute Gasteiger partial charge is 0.497 e. The summed E-state index contributed by atoms with van der Waals surface area (Å²) in [7, 11) is 1.71. The summed E-state index contributed by atoms with van der Waals surface area (Å²) in [4.78, 5) is 0. The van der Waals surface area contributed by atoms with E-state index in [0.717, 1.165) is 44.3 Å². The number of hydrogen-bond acceptors (Lipinski definition) is 4. The van der Waals surface area contributed by atoms with Crippen molar-refractivity contribution in [2.45, 2.75) is 56.7 Å². The molecular weight excluding hydrogens is 326 g/mol. The minimum Gasteiger partial charge on any atom is -0.497 e. The van der Waals surface area contributed by atoms with Crippen molar-refractivity contribution < 1.29 is 14.2 Å². The molecule has 3 aliphatic carbocycles. The second-order valence-corrected chi connectivity index (χ2v) is 8.76. The maximum atomic E-state index is 10.4. The van der Waals surface area contributed by atoms with Gasteiger partial charge in [0, 0.05) is 11.8 Å². The molecule has 4 aliphatic rings. The lowest BCUT2D eigenvalue weighted by atomic mass is 9.48. The van der Waals surface area contributed by atoms with Crippen LogP contribution in [-0.2, 0) is 21.3 Å². The van der Waals surface area contributed by atoms with Crippen molar-refractivity contribution in [1.29, 1.82) is 5.26 Å². The molecule has 0 unspecified atom stereocenters. The summed E-state index contributed by atoms with van der Waals surface area (Å²) >= 11 is 0. The number of hydrogen-bond donors (Lipinski definition) is 0. The lowest BCUT2D eigenvalue weighted by Gasteiger charge is -2.55. The van der Waals surface area contributed by atoms with E-state index in [1.165, 1.54) is 11.1 Å². The van der Waals surface area contributed by atoms with Gasteiger partial charge in [-0.1, -0.05) is 13.0 Å². The lowest BCUT2D eigenvalue weighted by molar-refractivity contribution is -0.239. The minimum atomic E-state index is -0.403. The van der Waals surface area contributed by atoms with Crippen LogP contribution in [-0.4, -0.2) is 26.1 Å². The second kappa shape index (κ2) is 5.47. The Morgan fingerprint density at radius 2 is 1.92 bits per heavy atom. The molecule has 4 nitrogen and oxygen atoms in total. The average molecular weight is 353 g/mol. The van der Waals surface area contributed by atoms with E-state index in [0.29, 0.717) is 25.0 Å². The first kappa shape index (κ1) is 16.6. The Morgan fingerprint density at radius 1 is 1.12 bits per heavy atom. The fourth-order valence-electron chi connectivity index (χ4n) is 6.80. The standard InChI is InChI=1S/C22H27NO3/c1-20-9-10-21(14-23)17-6-4-16(24-2)13-15(17)3-5-19(21)18(20)7-8-22(20)25-11-12-26-22/h4,6,13,18-19H,3,5,7-12H2,1-2H3/t18-,19-,20-,21-/m0/s1. The summed E-state index contributed by atoms with van der Waals surface area (Å²) in [6.07, 6.45) is 6.08.